The summed E-state index contributed by atoms with van der Waals surface area (Å²) in [5.41, 5.74) is 0.142. The van der Waals surface area contributed by atoms with Gasteiger partial charge in [-0.3, -0.25) is 14.5 Å². The Kier molecular flexibility index (Phi) is 7.83. The predicted octanol–water partition coefficient (Wildman–Crippen LogP) is 3.41. The van der Waals surface area contributed by atoms with E-state index in [0.29, 0.717) is 44.3 Å². The number of halogens is 3. The van der Waals surface area contributed by atoms with Crippen molar-refractivity contribution < 1.29 is 27.3 Å². The summed E-state index contributed by atoms with van der Waals surface area (Å²) >= 11 is 1.25. The Morgan fingerprint density at radius 2 is 1.84 bits per heavy atom. The van der Waals surface area contributed by atoms with Crippen molar-refractivity contribution in [2.45, 2.75) is 31.8 Å². The molecule has 2 amide bonds. The van der Waals surface area contributed by atoms with Crippen molar-refractivity contribution in [2.75, 3.05) is 37.2 Å². The smallest absolute Gasteiger partial charge is 0.360 e. The number of hydrogen-bond acceptors (Lipinski definition) is 6. The lowest BCUT2D eigenvalue weighted by Gasteiger charge is -2.35. The van der Waals surface area contributed by atoms with E-state index in [1.165, 1.54) is 23.9 Å². The van der Waals surface area contributed by atoms with E-state index in [1.807, 2.05) is 0 Å². The van der Waals surface area contributed by atoms with E-state index in [2.05, 4.69) is 15.4 Å². The van der Waals surface area contributed by atoms with Crippen molar-refractivity contribution in [1.82, 2.24) is 15.0 Å². The van der Waals surface area contributed by atoms with E-state index in [4.69, 9.17) is 4.52 Å². The minimum atomic E-state index is -4.34. The predicted molar refractivity (Wildman–Crippen MR) is 115 cm³/mol. The number of nitrogens with one attached hydrogen (secondary N) is 1. The zero-order valence-electron chi connectivity index (χ0n) is 17.8. The molecule has 0 bridgehead atoms. The molecule has 1 aromatic carbocycles. The minimum Gasteiger partial charge on any atom is -0.360 e. The standard InChI is InChI=1S/C21H25F3N4O3S/c1-14-11-18(26-31-14)25-20(30)15(2)32-13-19(29)28-9-7-27(8-10-28)12-16-3-5-17(6-4-16)21(22,23)24/h3-6,11,15H,7-10,12-13H2,1-2H3,(H,25,26,30). The summed E-state index contributed by atoms with van der Waals surface area (Å²) in [5, 5.41) is 5.93. The molecule has 0 radical (unpaired) electrons. The zero-order valence-corrected chi connectivity index (χ0v) is 18.6. The molecule has 1 atom stereocenters. The van der Waals surface area contributed by atoms with Gasteiger partial charge in [-0.05, 0) is 31.5 Å². The number of aromatic nitrogens is 1. The molecule has 1 fully saturated rings. The van der Waals surface area contributed by atoms with Crippen LogP contribution in [0.1, 0.15) is 23.8 Å². The van der Waals surface area contributed by atoms with E-state index >= 15 is 0 Å². The van der Waals surface area contributed by atoms with Crippen LogP contribution in [-0.2, 0) is 22.3 Å². The molecule has 0 spiro atoms. The summed E-state index contributed by atoms with van der Waals surface area (Å²) < 4.78 is 42.9. The van der Waals surface area contributed by atoms with Gasteiger partial charge in [0.15, 0.2) is 5.82 Å². The first-order chi connectivity index (χ1) is 15.1. The van der Waals surface area contributed by atoms with Crippen LogP contribution < -0.4 is 5.32 Å². The molecule has 1 N–H and O–H groups in total. The molecular weight excluding hydrogens is 445 g/mol. The number of carbonyl (C=O) groups is 2. The summed E-state index contributed by atoms with van der Waals surface area (Å²) in [6.07, 6.45) is -4.34. The summed E-state index contributed by atoms with van der Waals surface area (Å²) in [6.45, 7) is 6.34. The number of thioether (sulfide) groups is 1. The van der Waals surface area contributed by atoms with Crippen LogP contribution in [0.2, 0.25) is 0 Å². The van der Waals surface area contributed by atoms with Crippen LogP contribution in [-0.4, -0.2) is 64.0 Å². The Hall–Kier alpha value is -2.53. The second-order valence-electron chi connectivity index (χ2n) is 7.62. The number of aryl methyl sites for hydroxylation is 1. The summed E-state index contributed by atoms with van der Waals surface area (Å²) in [7, 11) is 0. The van der Waals surface area contributed by atoms with Gasteiger partial charge in [-0.2, -0.15) is 13.2 Å². The Morgan fingerprint density at radius 3 is 2.41 bits per heavy atom. The molecule has 1 aromatic heterocycles. The van der Waals surface area contributed by atoms with Gasteiger partial charge in [0.2, 0.25) is 11.8 Å². The molecule has 0 saturated carbocycles. The SMILES string of the molecule is Cc1cc(NC(=O)C(C)SCC(=O)N2CCN(Cc3ccc(C(F)(F)F)cc3)CC2)no1. The van der Waals surface area contributed by atoms with Crippen LogP contribution in [0.5, 0.6) is 0 Å². The molecular formula is C21H25F3N4O3S. The van der Waals surface area contributed by atoms with Gasteiger partial charge in [-0.15, -0.1) is 11.8 Å². The molecule has 7 nitrogen and oxygen atoms in total. The fourth-order valence-corrected chi connectivity index (χ4v) is 4.01. The third kappa shape index (κ3) is 6.73. The second-order valence-corrected chi connectivity index (χ2v) is 8.95. The van der Waals surface area contributed by atoms with Crippen molar-refractivity contribution in [1.29, 1.82) is 0 Å². The third-order valence-corrected chi connectivity index (χ3v) is 6.25. The molecule has 0 aliphatic carbocycles. The Morgan fingerprint density at radius 1 is 1.19 bits per heavy atom. The van der Waals surface area contributed by atoms with Crippen molar-refractivity contribution in [2.24, 2.45) is 0 Å². The number of benzene rings is 1. The van der Waals surface area contributed by atoms with E-state index in [9.17, 15) is 22.8 Å². The fraction of sp³-hybridized carbons (Fsp3) is 0.476. The van der Waals surface area contributed by atoms with Crippen LogP contribution in [0.4, 0.5) is 19.0 Å². The Balaban J connectivity index is 1.39. The molecule has 11 heteroatoms. The average molecular weight is 471 g/mol. The van der Waals surface area contributed by atoms with Gasteiger partial charge in [-0.1, -0.05) is 17.3 Å². The van der Waals surface area contributed by atoms with Gasteiger partial charge in [-0.25, -0.2) is 0 Å². The molecule has 1 unspecified atom stereocenters. The number of amides is 2. The van der Waals surface area contributed by atoms with Crippen LogP contribution in [0, 0.1) is 6.92 Å². The van der Waals surface area contributed by atoms with E-state index < -0.39 is 17.0 Å². The molecule has 3 rings (SSSR count). The molecule has 1 aliphatic rings. The lowest BCUT2D eigenvalue weighted by molar-refractivity contribution is -0.137. The quantitative estimate of drug-likeness (QED) is 0.668. The molecule has 1 aliphatic heterocycles. The first kappa shape index (κ1) is 24.1. The maximum absolute atomic E-state index is 12.7. The molecule has 2 heterocycles. The fourth-order valence-electron chi connectivity index (χ4n) is 3.23. The van der Waals surface area contributed by atoms with Gasteiger partial charge in [0, 0.05) is 38.8 Å². The van der Waals surface area contributed by atoms with Crippen molar-refractivity contribution in [3.8, 4) is 0 Å². The lowest BCUT2D eigenvalue weighted by atomic mass is 10.1. The van der Waals surface area contributed by atoms with E-state index in [1.54, 1.807) is 24.8 Å². The number of nitrogens with zero attached hydrogens (tertiary/aromatic N) is 3. The zero-order chi connectivity index (χ0) is 23.3. The van der Waals surface area contributed by atoms with Crippen LogP contribution >= 0.6 is 11.8 Å². The second kappa shape index (κ2) is 10.4. The highest BCUT2D eigenvalue weighted by Crippen LogP contribution is 2.29. The minimum absolute atomic E-state index is 0.0406. The number of carbonyl (C=O) groups excluding carboxylic acids is 2. The van der Waals surface area contributed by atoms with Gasteiger partial charge in [0.05, 0.1) is 16.6 Å². The van der Waals surface area contributed by atoms with E-state index in [-0.39, 0.29) is 17.6 Å². The molecule has 1 saturated heterocycles. The van der Waals surface area contributed by atoms with Gasteiger partial charge < -0.3 is 14.7 Å². The van der Waals surface area contributed by atoms with Crippen LogP contribution in [0.25, 0.3) is 0 Å². The Labute approximate surface area is 188 Å². The maximum atomic E-state index is 12.7. The maximum Gasteiger partial charge on any atom is 0.416 e. The summed E-state index contributed by atoms with van der Waals surface area (Å²) in [6, 6.07) is 6.78. The first-order valence-corrected chi connectivity index (χ1v) is 11.2. The molecule has 2 aromatic rings. The van der Waals surface area contributed by atoms with E-state index in [0.717, 1.165) is 17.7 Å². The normalized spacial score (nSPS) is 16.1. The molecule has 32 heavy (non-hydrogen) atoms. The highest BCUT2D eigenvalue weighted by atomic mass is 32.2. The third-order valence-electron chi connectivity index (χ3n) is 5.12. The number of piperazine rings is 1. The average Bonchev–Trinajstić information content (AvgIpc) is 3.16. The van der Waals surface area contributed by atoms with Gasteiger partial charge in [0.1, 0.15) is 5.76 Å². The number of rotatable bonds is 7. The van der Waals surface area contributed by atoms with Crippen molar-refractivity contribution in [3.63, 3.8) is 0 Å². The first-order valence-electron chi connectivity index (χ1n) is 10.1. The highest BCUT2D eigenvalue weighted by molar-refractivity contribution is 8.01. The summed E-state index contributed by atoms with van der Waals surface area (Å²) in [4.78, 5) is 28.6. The van der Waals surface area contributed by atoms with Gasteiger partial charge >= 0.3 is 6.18 Å². The highest BCUT2D eigenvalue weighted by Gasteiger charge is 2.30. The number of hydrogen-bond donors (Lipinski definition) is 1. The topological polar surface area (TPSA) is 78.7 Å². The monoisotopic (exact) mass is 470 g/mol. The van der Waals surface area contributed by atoms with Crippen molar-refractivity contribution in [3.05, 3.63) is 47.2 Å². The Bertz CT molecular complexity index is 925. The van der Waals surface area contributed by atoms with Crippen LogP contribution in [0.15, 0.2) is 34.9 Å². The summed E-state index contributed by atoms with van der Waals surface area (Å²) in [5.74, 6) is 0.827. The van der Waals surface area contributed by atoms with Crippen molar-refractivity contribution >= 4 is 29.4 Å². The number of anilines is 1. The van der Waals surface area contributed by atoms with Gasteiger partial charge in [0.25, 0.3) is 0 Å². The number of alkyl halides is 3. The largest absolute Gasteiger partial charge is 0.416 e. The lowest BCUT2D eigenvalue weighted by Crippen LogP contribution is -2.49. The molecule has 174 valence electrons. The van der Waals surface area contributed by atoms with Crippen LogP contribution in [0.3, 0.4) is 0 Å².